The van der Waals surface area contributed by atoms with Gasteiger partial charge in [-0.1, -0.05) is 18.9 Å². The van der Waals surface area contributed by atoms with Crippen LogP contribution in [0.15, 0.2) is 30.6 Å². The van der Waals surface area contributed by atoms with Gasteiger partial charge in [0.05, 0.1) is 5.92 Å². The van der Waals surface area contributed by atoms with E-state index in [-0.39, 0.29) is 35.8 Å². The number of carbonyl (C=O) groups is 3. The quantitative estimate of drug-likeness (QED) is 0.813. The molecule has 3 aliphatic rings. The number of aromatic nitrogens is 1. The lowest BCUT2D eigenvalue weighted by atomic mass is 9.81. The van der Waals surface area contributed by atoms with E-state index in [1.807, 2.05) is 12.1 Å². The predicted molar refractivity (Wildman–Crippen MR) is 104 cm³/mol. The molecule has 2 saturated heterocycles. The highest BCUT2D eigenvalue weighted by molar-refractivity contribution is 5.99. The van der Waals surface area contributed by atoms with E-state index in [0.717, 1.165) is 31.2 Å². The van der Waals surface area contributed by atoms with Crippen molar-refractivity contribution in [2.24, 2.45) is 5.92 Å². The Morgan fingerprint density at radius 3 is 2.68 bits per heavy atom. The molecule has 2 atom stereocenters. The third-order valence-electron chi connectivity index (χ3n) is 6.09. The Labute approximate surface area is 164 Å². The molecule has 0 aromatic carbocycles. The van der Waals surface area contributed by atoms with Crippen LogP contribution in [-0.2, 0) is 9.59 Å². The van der Waals surface area contributed by atoms with Crippen LogP contribution in [0.25, 0.3) is 6.08 Å². The lowest BCUT2D eigenvalue weighted by Gasteiger charge is -2.44. The minimum absolute atomic E-state index is 0.00396. The summed E-state index contributed by atoms with van der Waals surface area (Å²) < 4.78 is 0. The number of imide groups is 1. The van der Waals surface area contributed by atoms with Gasteiger partial charge in [-0.15, -0.1) is 0 Å². The molecule has 1 N–H and O–H groups in total. The third kappa shape index (κ3) is 3.79. The molecule has 1 aliphatic carbocycles. The average Bonchev–Trinajstić information content (AvgIpc) is 2.73. The highest BCUT2D eigenvalue weighted by Gasteiger charge is 2.45. The summed E-state index contributed by atoms with van der Waals surface area (Å²) in [5.74, 6) is -0.146. The Morgan fingerprint density at radius 2 is 1.93 bits per heavy atom. The number of urea groups is 1. The minimum Gasteiger partial charge on any atom is -0.339 e. The first-order valence-electron chi connectivity index (χ1n) is 10.1. The van der Waals surface area contributed by atoms with Gasteiger partial charge in [0.15, 0.2) is 0 Å². The zero-order valence-corrected chi connectivity index (χ0v) is 15.9. The second-order valence-electron chi connectivity index (χ2n) is 7.83. The fourth-order valence-electron chi connectivity index (χ4n) is 4.54. The number of hydrogen-bond donors (Lipinski definition) is 1. The highest BCUT2D eigenvalue weighted by Crippen LogP contribution is 2.31. The van der Waals surface area contributed by atoms with E-state index < -0.39 is 0 Å². The van der Waals surface area contributed by atoms with Crippen molar-refractivity contribution in [2.45, 2.75) is 50.6 Å². The number of likely N-dealkylation sites (tertiary alicyclic amines) is 1. The van der Waals surface area contributed by atoms with Crippen LogP contribution in [0.1, 0.15) is 44.1 Å². The standard InChI is InChI=1S/C21H26N4O3/c26-19(8-7-15-4-3-11-22-14-15)24-12-9-16(10-13-24)25-20(27)17-5-1-2-6-18(17)23-21(25)28/h3-4,7-8,11,14,16-18H,1-2,5-6,9-10,12-13H2,(H,23,28)/b8-7+. The van der Waals surface area contributed by atoms with Crippen LogP contribution in [0.2, 0.25) is 0 Å². The maximum atomic E-state index is 12.9. The second-order valence-corrected chi connectivity index (χ2v) is 7.83. The number of nitrogens with one attached hydrogen (secondary N) is 1. The van der Waals surface area contributed by atoms with Gasteiger partial charge < -0.3 is 10.2 Å². The summed E-state index contributed by atoms with van der Waals surface area (Å²) in [6, 6.07) is 3.34. The topological polar surface area (TPSA) is 82.6 Å². The molecule has 3 heterocycles. The fraction of sp³-hybridized carbons (Fsp3) is 0.524. The number of rotatable bonds is 3. The molecule has 1 aromatic heterocycles. The first-order valence-corrected chi connectivity index (χ1v) is 10.1. The fourth-order valence-corrected chi connectivity index (χ4v) is 4.54. The number of amides is 4. The highest BCUT2D eigenvalue weighted by atomic mass is 16.2. The molecule has 2 aliphatic heterocycles. The van der Waals surface area contributed by atoms with Gasteiger partial charge in [-0.25, -0.2) is 4.79 Å². The van der Waals surface area contributed by atoms with Crippen molar-refractivity contribution in [1.82, 2.24) is 20.1 Å². The van der Waals surface area contributed by atoms with E-state index >= 15 is 0 Å². The molecule has 1 aromatic rings. The van der Waals surface area contributed by atoms with Gasteiger partial charge in [-0.2, -0.15) is 0 Å². The van der Waals surface area contributed by atoms with E-state index in [1.165, 1.54) is 4.90 Å². The summed E-state index contributed by atoms with van der Waals surface area (Å²) in [6.45, 7) is 1.10. The summed E-state index contributed by atoms with van der Waals surface area (Å²) in [4.78, 5) is 45.1. The van der Waals surface area contributed by atoms with Crippen molar-refractivity contribution >= 4 is 23.9 Å². The van der Waals surface area contributed by atoms with Gasteiger partial charge in [0.1, 0.15) is 0 Å². The first-order chi connectivity index (χ1) is 13.6. The average molecular weight is 382 g/mol. The van der Waals surface area contributed by atoms with Crippen molar-refractivity contribution in [3.8, 4) is 0 Å². The normalized spacial score (nSPS) is 26.3. The van der Waals surface area contributed by atoms with Gasteiger partial charge in [-0.05, 0) is 43.4 Å². The number of carbonyl (C=O) groups excluding carboxylic acids is 3. The molecule has 4 amide bonds. The largest absolute Gasteiger partial charge is 0.339 e. The van der Waals surface area contributed by atoms with Gasteiger partial charge in [-0.3, -0.25) is 19.5 Å². The van der Waals surface area contributed by atoms with E-state index in [1.54, 1.807) is 29.4 Å². The number of piperidine rings is 1. The number of nitrogens with zero attached hydrogens (tertiary/aromatic N) is 3. The molecule has 2 unspecified atom stereocenters. The smallest absolute Gasteiger partial charge is 0.324 e. The van der Waals surface area contributed by atoms with Crippen LogP contribution >= 0.6 is 0 Å². The molecule has 28 heavy (non-hydrogen) atoms. The third-order valence-corrected chi connectivity index (χ3v) is 6.09. The summed E-state index contributed by atoms with van der Waals surface area (Å²) in [5, 5.41) is 3.04. The van der Waals surface area contributed by atoms with Crippen LogP contribution in [0, 0.1) is 5.92 Å². The molecule has 0 spiro atoms. The Kier molecular flexibility index (Phi) is 5.41. The summed E-state index contributed by atoms with van der Waals surface area (Å²) in [5.41, 5.74) is 0.878. The van der Waals surface area contributed by atoms with E-state index in [2.05, 4.69) is 10.3 Å². The van der Waals surface area contributed by atoms with E-state index in [9.17, 15) is 14.4 Å². The van der Waals surface area contributed by atoms with Crippen LogP contribution in [0.4, 0.5) is 4.79 Å². The lowest BCUT2D eigenvalue weighted by molar-refractivity contribution is -0.139. The van der Waals surface area contributed by atoms with E-state index in [0.29, 0.717) is 25.9 Å². The maximum absolute atomic E-state index is 12.9. The van der Waals surface area contributed by atoms with Crippen molar-refractivity contribution in [3.63, 3.8) is 0 Å². The summed E-state index contributed by atoms with van der Waals surface area (Å²) >= 11 is 0. The summed E-state index contributed by atoms with van der Waals surface area (Å²) in [6.07, 6.45) is 11.8. The van der Waals surface area contributed by atoms with Gasteiger partial charge in [0.2, 0.25) is 11.8 Å². The van der Waals surface area contributed by atoms with Crippen LogP contribution in [0.5, 0.6) is 0 Å². The maximum Gasteiger partial charge on any atom is 0.324 e. The Balaban J connectivity index is 1.34. The van der Waals surface area contributed by atoms with Crippen LogP contribution in [0.3, 0.4) is 0 Å². The molecule has 7 nitrogen and oxygen atoms in total. The molecule has 0 radical (unpaired) electrons. The van der Waals surface area contributed by atoms with Crippen LogP contribution < -0.4 is 5.32 Å². The monoisotopic (exact) mass is 382 g/mol. The first kappa shape index (κ1) is 18.7. The Bertz CT molecular complexity index is 771. The van der Waals surface area contributed by atoms with Crippen molar-refractivity contribution < 1.29 is 14.4 Å². The van der Waals surface area contributed by atoms with Crippen LogP contribution in [-0.4, -0.2) is 57.8 Å². The second kappa shape index (κ2) is 8.12. The number of hydrogen-bond acceptors (Lipinski definition) is 4. The number of fused-ring (bicyclic) bond motifs is 1. The Hall–Kier alpha value is -2.70. The zero-order chi connectivity index (χ0) is 19.5. The SMILES string of the molecule is O=C(/C=C/c1cccnc1)N1CCC(N2C(=O)NC3CCCCC3C2=O)CC1. The van der Waals surface area contributed by atoms with Gasteiger partial charge in [0.25, 0.3) is 0 Å². The predicted octanol–water partition coefficient (Wildman–Crippen LogP) is 2.20. The van der Waals surface area contributed by atoms with Crippen molar-refractivity contribution in [3.05, 3.63) is 36.2 Å². The zero-order valence-electron chi connectivity index (χ0n) is 15.9. The lowest BCUT2D eigenvalue weighted by Crippen LogP contribution is -2.64. The molecule has 7 heteroatoms. The van der Waals surface area contributed by atoms with E-state index in [4.69, 9.17) is 0 Å². The molecule has 3 fully saturated rings. The molecule has 1 saturated carbocycles. The number of pyridine rings is 1. The van der Waals surface area contributed by atoms with Gasteiger partial charge in [0, 0.05) is 43.6 Å². The van der Waals surface area contributed by atoms with Gasteiger partial charge >= 0.3 is 6.03 Å². The Morgan fingerprint density at radius 1 is 1.14 bits per heavy atom. The molecule has 4 rings (SSSR count). The van der Waals surface area contributed by atoms with Crippen molar-refractivity contribution in [1.29, 1.82) is 0 Å². The minimum atomic E-state index is -0.255. The molecular formula is C21H26N4O3. The molecule has 0 bridgehead atoms. The van der Waals surface area contributed by atoms with Crippen molar-refractivity contribution in [2.75, 3.05) is 13.1 Å². The molecule has 148 valence electrons. The molecular weight excluding hydrogens is 356 g/mol. The summed E-state index contributed by atoms with van der Waals surface area (Å²) in [7, 11) is 0.